The molecule has 0 spiro atoms. The third-order valence-corrected chi connectivity index (χ3v) is 1.22. The SMILES string of the molecule is Bc1cc(F)c(N)c(F)c1. The standard InChI is InChI=1S/C6H6BF2N/c7-3-1-4(8)6(10)5(9)2-3/h1-2H,7,10H2. The molecule has 0 unspecified atom stereocenters. The first-order valence-corrected chi connectivity index (χ1v) is 2.82. The van der Waals surface area contributed by atoms with Crippen molar-refractivity contribution < 1.29 is 8.78 Å². The maximum absolute atomic E-state index is 12.5. The summed E-state index contributed by atoms with van der Waals surface area (Å²) < 4.78 is 25.0. The van der Waals surface area contributed by atoms with Crippen molar-refractivity contribution >= 4 is 19.0 Å². The van der Waals surface area contributed by atoms with Gasteiger partial charge in [-0.15, -0.1) is 0 Å². The highest BCUT2D eigenvalue weighted by Gasteiger charge is 2.03. The Morgan fingerprint density at radius 3 is 2.00 bits per heavy atom. The summed E-state index contributed by atoms with van der Waals surface area (Å²) in [6.45, 7) is 0. The molecule has 0 aliphatic heterocycles. The first-order chi connectivity index (χ1) is 4.61. The van der Waals surface area contributed by atoms with E-state index in [0.717, 1.165) is 0 Å². The summed E-state index contributed by atoms with van der Waals surface area (Å²) >= 11 is 0. The summed E-state index contributed by atoms with van der Waals surface area (Å²) in [4.78, 5) is 0. The minimum absolute atomic E-state index is 0.411. The van der Waals surface area contributed by atoms with Crippen LogP contribution in [-0.2, 0) is 0 Å². The Bertz CT molecular complexity index is 239. The Morgan fingerprint density at radius 2 is 1.60 bits per heavy atom. The average molecular weight is 141 g/mol. The molecule has 1 aromatic carbocycles. The molecule has 0 aromatic heterocycles. The first kappa shape index (κ1) is 7.06. The van der Waals surface area contributed by atoms with Crippen molar-refractivity contribution in [3.05, 3.63) is 23.8 Å². The Balaban J connectivity index is 3.31. The lowest BCUT2D eigenvalue weighted by atomic mass is 9.96. The van der Waals surface area contributed by atoms with Gasteiger partial charge < -0.3 is 5.73 Å². The zero-order valence-corrected chi connectivity index (χ0v) is 5.49. The predicted octanol–water partition coefficient (Wildman–Crippen LogP) is -0.195. The van der Waals surface area contributed by atoms with Crippen LogP contribution in [0.1, 0.15) is 0 Å². The van der Waals surface area contributed by atoms with E-state index in [1.165, 1.54) is 12.1 Å². The van der Waals surface area contributed by atoms with Crippen LogP contribution in [0.4, 0.5) is 14.5 Å². The molecule has 0 atom stereocenters. The molecule has 0 fully saturated rings. The van der Waals surface area contributed by atoms with Gasteiger partial charge in [-0.05, 0) is 12.1 Å². The monoisotopic (exact) mass is 141 g/mol. The molecule has 0 saturated heterocycles. The number of rotatable bonds is 0. The van der Waals surface area contributed by atoms with Gasteiger partial charge in [0.25, 0.3) is 0 Å². The number of nitrogen functional groups attached to an aromatic ring is 1. The largest absolute Gasteiger partial charge is 0.394 e. The fourth-order valence-corrected chi connectivity index (χ4v) is 0.711. The van der Waals surface area contributed by atoms with Gasteiger partial charge in [0.15, 0.2) is 0 Å². The Labute approximate surface area is 58.3 Å². The van der Waals surface area contributed by atoms with Crippen LogP contribution in [0.3, 0.4) is 0 Å². The van der Waals surface area contributed by atoms with Crippen LogP contribution in [0.5, 0.6) is 0 Å². The summed E-state index contributed by atoms with van der Waals surface area (Å²) in [6.07, 6.45) is 0. The second-order valence-corrected chi connectivity index (χ2v) is 2.14. The van der Waals surface area contributed by atoms with E-state index >= 15 is 0 Å². The minimum Gasteiger partial charge on any atom is -0.394 e. The molecule has 52 valence electrons. The maximum Gasteiger partial charge on any atom is 0.148 e. The summed E-state index contributed by atoms with van der Waals surface area (Å²) in [5, 5.41) is 0. The van der Waals surface area contributed by atoms with E-state index in [9.17, 15) is 8.78 Å². The Morgan fingerprint density at radius 1 is 1.20 bits per heavy atom. The van der Waals surface area contributed by atoms with Gasteiger partial charge in [-0.3, -0.25) is 0 Å². The van der Waals surface area contributed by atoms with Gasteiger partial charge in [0.2, 0.25) is 0 Å². The third kappa shape index (κ3) is 1.10. The Hall–Kier alpha value is -1.06. The number of halogens is 2. The number of hydrogen-bond acceptors (Lipinski definition) is 1. The van der Waals surface area contributed by atoms with Crippen molar-refractivity contribution in [2.45, 2.75) is 0 Å². The number of nitrogens with two attached hydrogens (primary N) is 1. The van der Waals surface area contributed by atoms with E-state index in [4.69, 9.17) is 5.73 Å². The molecule has 1 aromatic rings. The lowest BCUT2D eigenvalue weighted by Crippen LogP contribution is -2.07. The van der Waals surface area contributed by atoms with Crippen LogP contribution in [0, 0.1) is 11.6 Å². The summed E-state index contributed by atoms with van der Waals surface area (Å²) in [7, 11) is 1.60. The van der Waals surface area contributed by atoms with Crippen molar-refractivity contribution in [3.8, 4) is 0 Å². The van der Waals surface area contributed by atoms with Crippen molar-refractivity contribution in [1.82, 2.24) is 0 Å². The van der Waals surface area contributed by atoms with Gasteiger partial charge in [-0.25, -0.2) is 8.78 Å². The van der Waals surface area contributed by atoms with E-state index < -0.39 is 17.3 Å². The van der Waals surface area contributed by atoms with Gasteiger partial charge in [0.1, 0.15) is 25.2 Å². The van der Waals surface area contributed by atoms with Gasteiger partial charge in [-0.1, -0.05) is 5.46 Å². The molecule has 2 N–H and O–H groups in total. The Kier molecular flexibility index (Phi) is 1.61. The predicted molar refractivity (Wildman–Crippen MR) is 38.9 cm³/mol. The normalized spacial score (nSPS) is 9.80. The van der Waals surface area contributed by atoms with E-state index in [-0.39, 0.29) is 0 Å². The highest BCUT2D eigenvalue weighted by molar-refractivity contribution is 6.32. The molecule has 0 bridgehead atoms. The van der Waals surface area contributed by atoms with E-state index in [1.807, 2.05) is 0 Å². The van der Waals surface area contributed by atoms with E-state index in [1.54, 1.807) is 7.85 Å². The van der Waals surface area contributed by atoms with Gasteiger partial charge in [0.05, 0.1) is 0 Å². The first-order valence-electron chi connectivity index (χ1n) is 2.82. The van der Waals surface area contributed by atoms with Crippen LogP contribution >= 0.6 is 0 Å². The number of hydrogen-bond donors (Lipinski definition) is 1. The maximum atomic E-state index is 12.5. The molecule has 4 heteroatoms. The quantitative estimate of drug-likeness (QED) is 0.393. The number of benzene rings is 1. The highest BCUT2D eigenvalue weighted by atomic mass is 19.1. The van der Waals surface area contributed by atoms with Crippen LogP contribution < -0.4 is 11.2 Å². The molecule has 1 rings (SSSR count). The molecule has 1 nitrogen and oxygen atoms in total. The van der Waals surface area contributed by atoms with Crippen LogP contribution in [0.15, 0.2) is 12.1 Å². The topological polar surface area (TPSA) is 26.0 Å². The zero-order valence-electron chi connectivity index (χ0n) is 5.49. The van der Waals surface area contributed by atoms with Crippen molar-refractivity contribution in [3.63, 3.8) is 0 Å². The molecular weight excluding hydrogens is 135 g/mol. The van der Waals surface area contributed by atoms with Gasteiger partial charge >= 0.3 is 0 Å². The third-order valence-electron chi connectivity index (χ3n) is 1.22. The van der Waals surface area contributed by atoms with Gasteiger partial charge in [-0.2, -0.15) is 0 Å². The molecule has 0 amide bonds. The second-order valence-electron chi connectivity index (χ2n) is 2.14. The summed E-state index contributed by atoms with van der Waals surface area (Å²) in [5.41, 5.74) is 5.12. The second kappa shape index (κ2) is 2.29. The molecule has 0 aliphatic carbocycles. The highest BCUT2D eigenvalue weighted by Crippen LogP contribution is 2.11. The fraction of sp³-hybridized carbons (Fsp3) is 0. The molecule has 0 heterocycles. The summed E-state index contributed by atoms with van der Waals surface area (Å²) in [6, 6.07) is 2.39. The minimum atomic E-state index is -0.697. The molecule has 0 aliphatic rings. The van der Waals surface area contributed by atoms with E-state index in [0.29, 0.717) is 5.46 Å². The van der Waals surface area contributed by atoms with Crippen LogP contribution in [0.2, 0.25) is 0 Å². The van der Waals surface area contributed by atoms with Crippen molar-refractivity contribution in [2.24, 2.45) is 0 Å². The average Bonchev–Trinajstić information content (AvgIpc) is 1.82. The summed E-state index contributed by atoms with van der Waals surface area (Å²) in [5.74, 6) is -1.39. The van der Waals surface area contributed by atoms with Crippen LogP contribution in [-0.4, -0.2) is 7.85 Å². The molecule has 0 radical (unpaired) electrons. The van der Waals surface area contributed by atoms with E-state index in [2.05, 4.69) is 0 Å². The smallest absolute Gasteiger partial charge is 0.148 e. The molecular formula is C6H6BF2N. The fourth-order valence-electron chi connectivity index (χ4n) is 0.711. The molecule has 0 saturated carbocycles. The van der Waals surface area contributed by atoms with Crippen LogP contribution in [0.25, 0.3) is 0 Å². The van der Waals surface area contributed by atoms with Crippen molar-refractivity contribution in [1.29, 1.82) is 0 Å². The lowest BCUT2D eigenvalue weighted by Gasteiger charge is -1.98. The molecule has 10 heavy (non-hydrogen) atoms. The van der Waals surface area contributed by atoms with Gasteiger partial charge in [0, 0.05) is 0 Å². The van der Waals surface area contributed by atoms with Crippen molar-refractivity contribution in [2.75, 3.05) is 5.73 Å². The zero-order chi connectivity index (χ0) is 7.72. The number of anilines is 1. The lowest BCUT2D eigenvalue weighted by molar-refractivity contribution is 0.593.